The lowest BCUT2D eigenvalue weighted by atomic mass is 10.0. The van der Waals surface area contributed by atoms with E-state index >= 15 is 0 Å². The lowest BCUT2D eigenvalue weighted by Gasteiger charge is -2.03. The van der Waals surface area contributed by atoms with Gasteiger partial charge in [-0.05, 0) is 44.1 Å². The molecule has 184 valence electrons. The zero-order valence-electron chi connectivity index (χ0n) is 21.4. The summed E-state index contributed by atoms with van der Waals surface area (Å²) < 4.78 is 12.7. The van der Waals surface area contributed by atoms with Crippen LogP contribution in [0.5, 0.6) is 0 Å². The van der Waals surface area contributed by atoms with Gasteiger partial charge in [0.25, 0.3) is 0 Å². The fourth-order valence-corrected chi connectivity index (χ4v) is 3.97. The average Bonchev–Trinajstić information content (AvgIpc) is 2.82. The molecule has 0 fully saturated rings. The van der Waals surface area contributed by atoms with Crippen molar-refractivity contribution in [3.8, 4) is 0 Å². The second-order valence-electron chi connectivity index (χ2n) is 9.09. The van der Waals surface area contributed by atoms with Crippen molar-refractivity contribution in [1.82, 2.24) is 0 Å². The fourth-order valence-electron chi connectivity index (χ4n) is 3.97. The Morgan fingerprint density at radius 2 is 1.25 bits per heavy atom. The number of aryl methyl sites for hydroxylation is 1. The van der Waals surface area contributed by atoms with E-state index in [4.69, 9.17) is 9.47 Å². The normalized spacial score (nSPS) is 11.6. The lowest BCUT2D eigenvalue weighted by Crippen LogP contribution is -2.35. The van der Waals surface area contributed by atoms with E-state index in [-0.39, 0.29) is 0 Å². The van der Waals surface area contributed by atoms with Gasteiger partial charge in [0.2, 0.25) is 0 Å². The molecule has 0 bridgehead atoms. The third-order valence-corrected chi connectivity index (χ3v) is 6.11. The molecule has 1 rings (SSSR count). The summed E-state index contributed by atoms with van der Waals surface area (Å²) in [6, 6.07) is 4.52. The predicted molar refractivity (Wildman–Crippen MR) is 137 cm³/mol. The van der Waals surface area contributed by atoms with Crippen LogP contribution in [0.2, 0.25) is 0 Å². The van der Waals surface area contributed by atoms with Crippen molar-refractivity contribution in [3.63, 3.8) is 0 Å². The number of aromatic nitrogens is 1. The average molecular weight is 447 g/mol. The molecular weight excluding hydrogens is 394 g/mol. The van der Waals surface area contributed by atoms with Gasteiger partial charge in [-0.3, -0.25) is 0 Å². The van der Waals surface area contributed by atoms with Crippen molar-refractivity contribution in [2.75, 3.05) is 26.9 Å². The topological polar surface area (TPSA) is 22.3 Å². The number of hydrogen-bond donors (Lipinski definition) is 0. The quantitative estimate of drug-likeness (QED) is 0.0980. The molecule has 0 N–H and O–H groups in total. The molecule has 0 spiro atoms. The van der Waals surface area contributed by atoms with Crippen LogP contribution in [-0.2, 0) is 22.4 Å². The van der Waals surface area contributed by atoms with Crippen LogP contribution in [0.25, 0.3) is 0 Å². The summed E-state index contributed by atoms with van der Waals surface area (Å²) in [5.41, 5.74) is 1.45. The van der Waals surface area contributed by atoms with Gasteiger partial charge in [0.1, 0.15) is 6.61 Å². The molecule has 0 amide bonds. The highest BCUT2D eigenvalue weighted by Crippen LogP contribution is 2.12. The summed E-state index contributed by atoms with van der Waals surface area (Å²) in [6.45, 7) is 5.27. The fraction of sp³-hybridized carbons (Fsp3) is 0.759. The largest absolute Gasteiger partial charge is 0.382 e. The highest BCUT2D eigenvalue weighted by Gasteiger charge is 2.01. The van der Waals surface area contributed by atoms with Crippen molar-refractivity contribution in [2.24, 2.45) is 0 Å². The second-order valence-corrected chi connectivity index (χ2v) is 9.09. The Morgan fingerprint density at radius 1 is 0.688 bits per heavy atom. The minimum atomic E-state index is 0.667. The molecule has 32 heavy (non-hydrogen) atoms. The van der Waals surface area contributed by atoms with Crippen LogP contribution >= 0.6 is 0 Å². The summed E-state index contributed by atoms with van der Waals surface area (Å²) in [6.07, 6.45) is 31.0. The SMILES string of the molecule is CCCCCCCC/C=C\CCCCCCCCCc1cc[n+](CCOCCOC)cc1. The van der Waals surface area contributed by atoms with Gasteiger partial charge >= 0.3 is 0 Å². The molecule has 1 aromatic heterocycles. The van der Waals surface area contributed by atoms with E-state index in [1.165, 1.54) is 108 Å². The summed E-state index contributed by atoms with van der Waals surface area (Å²) in [5, 5.41) is 0. The van der Waals surface area contributed by atoms with E-state index in [1.54, 1.807) is 7.11 Å². The van der Waals surface area contributed by atoms with Crippen LogP contribution in [0.3, 0.4) is 0 Å². The maximum atomic E-state index is 5.53. The molecule has 3 nitrogen and oxygen atoms in total. The van der Waals surface area contributed by atoms with Crippen LogP contribution in [0.1, 0.15) is 109 Å². The van der Waals surface area contributed by atoms with Gasteiger partial charge in [-0.25, -0.2) is 4.57 Å². The molecule has 1 heterocycles. The smallest absolute Gasteiger partial charge is 0.171 e. The van der Waals surface area contributed by atoms with Gasteiger partial charge < -0.3 is 9.47 Å². The zero-order chi connectivity index (χ0) is 23.0. The highest BCUT2D eigenvalue weighted by molar-refractivity contribution is 5.07. The van der Waals surface area contributed by atoms with Crippen LogP contribution in [0.4, 0.5) is 0 Å². The number of nitrogens with zero attached hydrogens (tertiary/aromatic N) is 1. The van der Waals surface area contributed by atoms with Crippen LogP contribution in [0.15, 0.2) is 36.7 Å². The monoisotopic (exact) mass is 446 g/mol. The first-order valence-corrected chi connectivity index (χ1v) is 13.6. The van der Waals surface area contributed by atoms with E-state index in [0.29, 0.717) is 13.2 Å². The first-order chi connectivity index (χ1) is 15.9. The molecule has 0 atom stereocenters. The first kappa shape index (κ1) is 28.8. The molecule has 0 saturated carbocycles. The van der Waals surface area contributed by atoms with Crippen LogP contribution in [0, 0.1) is 0 Å². The van der Waals surface area contributed by atoms with Crippen molar-refractivity contribution < 1.29 is 14.0 Å². The Labute approximate surface area is 199 Å². The van der Waals surface area contributed by atoms with E-state index < -0.39 is 0 Å². The Balaban J connectivity index is 1.86. The molecule has 0 radical (unpaired) electrons. The summed E-state index contributed by atoms with van der Waals surface area (Å²) in [5.74, 6) is 0. The maximum absolute atomic E-state index is 5.53. The van der Waals surface area contributed by atoms with Crippen molar-refractivity contribution in [2.45, 2.75) is 116 Å². The zero-order valence-corrected chi connectivity index (χ0v) is 21.4. The Kier molecular flexibility index (Phi) is 20.7. The third kappa shape index (κ3) is 18.4. The van der Waals surface area contributed by atoms with E-state index in [2.05, 4.69) is 48.2 Å². The Bertz CT molecular complexity index is 526. The first-order valence-electron chi connectivity index (χ1n) is 13.6. The molecule has 0 aromatic carbocycles. The molecule has 1 aromatic rings. The van der Waals surface area contributed by atoms with E-state index in [9.17, 15) is 0 Å². The van der Waals surface area contributed by atoms with Gasteiger partial charge in [-0.2, -0.15) is 0 Å². The summed E-state index contributed by atoms with van der Waals surface area (Å²) in [7, 11) is 1.70. The predicted octanol–water partition coefficient (Wildman–Crippen LogP) is 7.61. The highest BCUT2D eigenvalue weighted by atomic mass is 16.5. The summed E-state index contributed by atoms with van der Waals surface area (Å²) >= 11 is 0. The number of ether oxygens (including phenoxy) is 2. The van der Waals surface area contributed by atoms with E-state index in [0.717, 1.165) is 13.2 Å². The lowest BCUT2D eigenvalue weighted by molar-refractivity contribution is -0.698. The van der Waals surface area contributed by atoms with Gasteiger partial charge in [0, 0.05) is 19.2 Å². The van der Waals surface area contributed by atoms with Gasteiger partial charge in [0.05, 0.1) is 13.2 Å². The number of rotatable bonds is 23. The summed E-state index contributed by atoms with van der Waals surface area (Å²) in [4.78, 5) is 0. The number of pyridine rings is 1. The molecular formula is C29H52NO2+. The van der Waals surface area contributed by atoms with Crippen LogP contribution in [-0.4, -0.2) is 26.9 Å². The molecule has 3 heteroatoms. The Morgan fingerprint density at radius 3 is 1.84 bits per heavy atom. The Hall–Kier alpha value is -1.19. The minimum Gasteiger partial charge on any atom is -0.382 e. The van der Waals surface area contributed by atoms with Gasteiger partial charge in [-0.15, -0.1) is 0 Å². The molecule has 0 aliphatic heterocycles. The number of methoxy groups -OCH3 is 1. The third-order valence-electron chi connectivity index (χ3n) is 6.11. The van der Waals surface area contributed by atoms with Crippen molar-refractivity contribution in [3.05, 3.63) is 42.2 Å². The number of hydrogen-bond acceptors (Lipinski definition) is 2. The number of allylic oxidation sites excluding steroid dienone is 2. The molecule has 0 unspecified atom stereocenters. The van der Waals surface area contributed by atoms with Gasteiger partial charge in [0.15, 0.2) is 18.9 Å². The van der Waals surface area contributed by atoms with Gasteiger partial charge in [-0.1, -0.05) is 83.3 Å². The van der Waals surface area contributed by atoms with Crippen molar-refractivity contribution in [1.29, 1.82) is 0 Å². The second kappa shape index (κ2) is 23.0. The molecule has 0 aliphatic rings. The standard InChI is InChI=1S/C29H52NO2/c1-3-4-5-6-7-8-9-10-11-12-13-14-15-16-17-18-19-20-29-21-23-30(24-22-29)25-26-32-28-27-31-2/h10-11,21-24H,3-9,12-20,25-28H2,1-2H3/q+1/b11-10-. The minimum absolute atomic E-state index is 0.667. The molecule has 0 saturated heterocycles. The maximum Gasteiger partial charge on any atom is 0.171 e. The molecule has 0 aliphatic carbocycles. The van der Waals surface area contributed by atoms with E-state index in [1.807, 2.05) is 0 Å². The number of unbranched alkanes of at least 4 members (excludes halogenated alkanes) is 13. The van der Waals surface area contributed by atoms with Crippen molar-refractivity contribution >= 4 is 0 Å². The van der Waals surface area contributed by atoms with Crippen LogP contribution < -0.4 is 4.57 Å².